The third-order valence-corrected chi connectivity index (χ3v) is 2.37. The fourth-order valence-corrected chi connectivity index (χ4v) is 2.06. The van der Waals surface area contributed by atoms with Crippen molar-refractivity contribution in [3.63, 3.8) is 0 Å². The van der Waals surface area contributed by atoms with Crippen molar-refractivity contribution in [2.45, 2.75) is 6.92 Å². The van der Waals surface area contributed by atoms with Crippen LogP contribution in [0.1, 0.15) is 12.5 Å². The molecule has 2 heteroatoms. The van der Waals surface area contributed by atoms with Crippen LogP contribution in [0.4, 0.5) is 0 Å². The summed E-state index contributed by atoms with van der Waals surface area (Å²) in [6, 6.07) is 5.71. The molecule has 0 nitrogen and oxygen atoms in total. The van der Waals surface area contributed by atoms with Gasteiger partial charge in [0.15, 0.2) is 0 Å². The van der Waals surface area contributed by atoms with Crippen LogP contribution < -0.4 is 0 Å². The molecule has 0 aliphatic heterocycles. The summed E-state index contributed by atoms with van der Waals surface area (Å²) in [6.07, 6.45) is 0. The zero-order valence-electron chi connectivity index (χ0n) is 6.20. The number of halogens is 2. The van der Waals surface area contributed by atoms with Gasteiger partial charge in [-0.25, -0.2) is 0 Å². The maximum absolute atomic E-state index is 5.93. The molecule has 1 aromatic rings. The topological polar surface area (TPSA) is 0 Å². The Hall–Kier alpha value is -0.270. The number of hydrogen-bond donors (Lipinski definition) is 0. The lowest BCUT2D eigenvalue weighted by molar-refractivity contribution is 1.53. The van der Waals surface area contributed by atoms with Crippen molar-refractivity contribution >= 4 is 33.1 Å². The van der Waals surface area contributed by atoms with Crippen molar-refractivity contribution in [2.75, 3.05) is 0 Å². The number of hydrogen-bond acceptors (Lipinski definition) is 0. The largest absolute Gasteiger partial charge is 0.0954 e. The van der Waals surface area contributed by atoms with Gasteiger partial charge in [-0.05, 0) is 24.6 Å². The third-order valence-electron chi connectivity index (χ3n) is 1.39. The summed E-state index contributed by atoms with van der Waals surface area (Å²) in [4.78, 5) is 0. The summed E-state index contributed by atoms with van der Waals surface area (Å²) in [6.45, 7) is 5.77. The zero-order valence-corrected chi connectivity index (χ0v) is 8.54. The van der Waals surface area contributed by atoms with E-state index in [1.165, 1.54) is 0 Å². The highest BCUT2D eigenvalue weighted by Crippen LogP contribution is 2.29. The molecule has 0 spiro atoms. The molecule has 0 atom stereocenters. The minimum atomic E-state index is 0.742. The molecule has 0 saturated heterocycles. The van der Waals surface area contributed by atoms with Crippen molar-refractivity contribution in [1.82, 2.24) is 0 Å². The van der Waals surface area contributed by atoms with Crippen LogP contribution in [0.5, 0.6) is 0 Å². The first-order valence-corrected chi connectivity index (χ1v) is 4.40. The normalized spacial score (nSPS) is 9.73. The molecule has 0 bridgehead atoms. The maximum Gasteiger partial charge on any atom is 0.0492 e. The predicted octanol–water partition coefficient (Wildman–Crippen LogP) is 4.14. The van der Waals surface area contributed by atoms with Gasteiger partial charge in [0.2, 0.25) is 0 Å². The molecular weight excluding hydrogens is 223 g/mol. The number of rotatable bonds is 1. The average Bonchev–Trinajstić information content (AvgIpc) is 1.85. The van der Waals surface area contributed by atoms with Crippen molar-refractivity contribution in [1.29, 1.82) is 0 Å². The van der Waals surface area contributed by atoms with Gasteiger partial charge in [-0.15, -0.1) is 0 Å². The Morgan fingerprint density at radius 3 is 2.55 bits per heavy atom. The molecule has 1 aromatic carbocycles. The van der Waals surface area contributed by atoms with Gasteiger partial charge in [0, 0.05) is 15.1 Å². The summed E-state index contributed by atoms with van der Waals surface area (Å²) in [5.41, 5.74) is 1.97. The van der Waals surface area contributed by atoms with Crippen molar-refractivity contribution < 1.29 is 0 Å². The highest BCUT2D eigenvalue weighted by Gasteiger charge is 2.03. The van der Waals surface area contributed by atoms with Gasteiger partial charge in [-0.3, -0.25) is 0 Å². The van der Waals surface area contributed by atoms with E-state index in [2.05, 4.69) is 22.5 Å². The molecule has 0 amide bonds. The van der Waals surface area contributed by atoms with E-state index >= 15 is 0 Å². The van der Waals surface area contributed by atoms with Crippen LogP contribution in [-0.4, -0.2) is 0 Å². The molecule has 1 rings (SSSR count). The zero-order chi connectivity index (χ0) is 8.43. The van der Waals surface area contributed by atoms with E-state index < -0.39 is 0 Å². The molecular formula is C9H8BrCl. The van der Waals surface area contributed by atoms with E-state index in [9.17, 15) is 0 Å². The van der Waals surface area contributed by atoms with Gasteiger partial charge >= 0.3 is 0 Å². The fraction of sp³-hybridized carbons (Fsp3) is 0.111. The van der Waals surface area contributed by atoms with Crippen molar-refractivity contribution in [2.24, 2.45) is 0 Å². The monoisotopic (exact) mass is 230 g/mol. The summed E-state index contributed by atoms with van der Waals surface area (Å²) < 4.78 is 0.998. The van der Waals surface area contributed by atoms with E-state index in [-0.39, 0.29) is 0 Å². The lowest BCUT2D eigenvalue weighted by atomic mass is 10.1. The second-order valence-electron chi connectivity index (χ2n) is 2.38. The van der Waals surface area contributed by atoms with Gasteiger partial charge in [-0.2, -0.15) is 0 Å². The molecule has 0 aromatic heterocycles. The number of benzene rings is 1. The molecule has 0 radical (unpaired) electrons. The van der Waals surface area contributed by atoms with E-state index in [0.717, 1.165) is 20.6 Å². The maximum atomic E-state index is 5.93. The summed E-state index contributed by atoms with van der Waals surface area (Å²) in [5, 5.41) is 0.742. The molecule has 0 N–H and O–H groups in total. The lowest BCUT2D eigenvalue weighted by Gasteiger charge is -2.04. The van der Waals surface area contributed by atoms with Gasteiger partial charge in [0.1, 0.15) is 0 Å². The summed E-state index contributed by atoms with van der Waals surface area (Å²) >= 11 is 9.34. The predicted molar refractivity (Wildman–Crippen MR) is 53.9 cm³/mol. The molecule has 58 valence electrons. The van der Waals surface area contributed by atoms with Crippen LogP contribution in [-0.2, 0) is 0 Å². The third kappa shape index (κ3) is 1.85. The second kappa shape index (κ2) is 3.42. The second-order valence-corrected chi connectivity index (χ2v) is 3.64. The van der Waals surface area contributed by atoms with E-state index in [4.69, 9.17) is 11.6 Å². The van der Waals surface area contributed by atoms with Crippen molar-refractivity contribution in [3.05, 3.63) is 39.8 Å². The first-order valence-electron chi connectivity index (χ1n) is 3.23. The fourth-order valence-electron chi connectivity index (χ4n) is 0.906. The Labute approximate surface area is 80.0 Å². The summed E-state index contributed by atoms with van der Waals surface area (Å²) in [7, 11) is 0. The smallest absolute Gasteiger partial charge is 0.0492 e. The highest BCUT2D eigenvalue weighted by molar-refractivity contribution is 9.10. The standard InChI is InChI=1S/C9H8BrCl/c1-6(2)9-7(10)4-3-5-8(9)11/h3-5H,1H2,2H3. The Morgan fingerprint density at radius 1 is 1.55 bits per heavy atom. The molecule has 0 aliphatic rings. The van der Waals surface area contributed by atoms with Crippen LogP contribution in [0, 0.1) is 0 Å². The Kier molecular flexibility index (Phi) is 2.74. The van der Waals surface area contributed by atoms with Gasteiger partial charge < -0.3 is 0 Å². The van der Waals surface area contributed by atoms with Crippen LogP contribution in [0.15, 0.2) is 29.3 Å². The Bertz CT molecular complexity index is 271. The van der Waals surface area contributed by atoms with E-state index in [0.29, 0.717) is 0 Å². The first kappa shape index (κ1) is 8.82. The lowest BCUT2D eigenvalue weighted by Crippen LogP contribution is -1.81. The molecule has 0 heterocycles. The molecule has 0 fully saturated rings. The van der Waals surface area contributed by atoms with Gasteiger partial charge in [-0.1, -0.05) is 40.2 Å². The molecule has 11 heavy (non-hydrogen) atoms. The number of allylic oxidation sites excluding steroid dienone is 1. The highest BCUT2D eigenvalue weighted by atomic mass is 79.9. The molecule has 0 unspecified atom stereocenters. The molecule has 0 saturated carbocycles. The Morgan fingerprint density at radius 2 is 2.18 bits per heavy atom. The van der Waals surface area contributed by atoms with E-state index in [1.54, 1.807) is 0 Å². The van der Waals surface area contributed by atoms with Crippen LogP contribution in [0.3, 0.4) is 0 Å². The van der Waals surface area contributed by atoms with Crippen molar-refractivity contribution in [3.8, 4) is 0 Å². The molecule has 0 aliphatic carbocycles. The quantitative estimate of drug-likeness (QED) is 0.681. The van der Waals surface area contributed by atoms with Gasteiger partial charge in [0.05, 0.1) is 0 Å². The van der Waals surface area contributed by atoms with Crippen LogP contribution in [0.25, 0.3) is 5.57 Å². The average molecular weight is 232 g/mol. The van der Waals surface area contributed by atoms with Crippen LogP contribution >= 0.6 is 27.5 Å². The Balaban J connectivity index is 3.32. The van der Waals surface area contributed by atoms with E-state index in [1.807, 2.05) is 25.1 Å². The first-order chi connectivity index (χ1) is 5.13. The summed E-state index contributed by atoms with van der Waals surface area (Å²) in [5.74, 6) is 0. The minimum Gasteiger partial charge on any atom is -0.0954 e. The van der Waals surface area contributed by atoms with Gasteiger partial charge in [0.25, 0.3) is 0 Å². The minimum absolute atomic E-state index is 0.742. The van der Waals surface area contributed by atoms with Crippen LogP contribution in [0.2, 0.25) is 5.02 Å². The SMILES string of the molecule is C=C(C)c1c(Cl)cccc1Br.